The lowest BCUT2D eigenvalue weighted by molar-refractivity contribution is 1.34. The van der Waals surface area contributed by atoms with Gasteiger partial charge in [-0.1, -0.05) is 21.1 Å². The first-order valence-corrected chi connectivity index (χ1v) is 5.31. The second-order valence-corrected chi connectivity index (χ2v) is 5.10. The lowest BCUT2D eigenvalue weighted by Crippen LogP contribution is -1.88. The molecule has 1 N–H and O–H groups in total. The third kappa shape index (κ3) is 0.818. The number of nitrogens with zero attached hydrogens (tertiary/aromatic N) is 1. The Kier molecular flexibility index (Phi) is 1.32. The predicted octanol–water partition coefficient (Wildman–Crippen LogP) is 1.67. The molecule has 2 heterocycles. The summed E-state index contributed by atoms with van der Waals surface area (Å²) in [7, 11) is 1.72. The molecule has 0 aromatic heterocycles. The van der Waals surface area contributed by atoms with Crippen LogP contribution in [0.5, 0.6) is 0 Å². The molecule has 9 heavy (non-hydrogen) atoms. The Hall–Kier alpha value is 0.0700. The summed E-state index contributed by atoms with van der Waals surface area (Å²) < 4.78 is 2.95. The van der Waals surface area contributed by atoms with Crippen LogP contribution in [0.3, 0.4) is 0 Å². The van der Waals surface area contributed by atoms with E-state index in [4.69, 9.17) is 11.6 Å². The van der Waals surface area contributed by atoms with Crippen molar-refractivity contribution in [3.63, 3.8) is 0 Å². The van der Waals surface area contributed by atoms with Crippen LogP contribution in [-0.2, 0) is 0 Å². The number of halogens is 1. The monoisotopic (exact) mass is 178 g/mol. The van der Waals surface area contributed by atoms with Crippen molar-refractivity contribution >= 4 is 43.7 Å². The molecule has 0 aromatic rings. The standard InChI is InChI=1S/C4H3ClN2S2/c5-3-4-6-1-2-9(4)8-7-3/h1-2,7H. The molecule has 2 rings (SSSR count). The van der Waals surface area contributed by atoms with Crippen LogP contribution >= 0.6 is 32.1 Å². The lowest BCUT2D eigenvalue weighted by atomic mass is 10.8. The van der Waals surface area contributed by atoms with E-state index in [2.05, 4.69) is 9.71 Å². The molecule has 2 aliphatic heterocycles. The Bertz CT molecular complexity index is 243. The Balaban J connectivity index is 2.52. The number of aliphatic imine (C=N–C) groups is 1. The highest BCUT2D eigenvalue weighted by Gasteiger charge is 2.18. The van der Waals surface area contributed by atoms with Gasteiger partial charge in [-0.15, -0.1) is 0 Å². The third-order valence-corrected chi connectivity index (χ3v) is 4.60. The Labute approximate surface area is 63.8 Å². The molecule has 2 aliphatic rings. The maximum Gasteiger partial charge on any atom is 0.145 e. The van der Waals surface area contributed by atoms with Crippen molar-refractivity contribution in [1.29, 1.82) is 0 Å². The van der Waals surface area contributed by atoms with Crippen LogP contribution < -0.4 is 4.72 Å². The van der Waals surface area contributed by atoms with Crippen LogP contribution in [0.25, 0.3) is 0 Å². The summed E-state index contributed by atoms with van der Waals surface area (Å²) in [6.45, 7) is 0. The van der Waals surface area contributed by atoms with E-state index in [9.17, 15) is 0 Å². The van der Waals surface area contributed by atoms with Gasteiger partial charge < -0.3 is 4.72 Å². The fraction of sp³-hybridized carbons (Fsp3) is 0. The minimum absolute atomic E-state index is 0.108. The summed E-state index contributed by atoms with van der Waals surface area (Å²) in [4.78, 5) is 4.07. The van der Waals surface area contributed by atoms with E-state index in [1.807, 2.05) is 5.37 Å². The Morgan fingerprint density at radius 3 is 3.44 bits per heavy atom. The molecule has 1 atom stereocenters. The Morgan fingerprint density at radius 1 is 1.78 bits per heavy atom. The highest BCUT2D eigenvalue weighted by Crippen LogP contribution is 2.47. The van der Waals surface area contributed by atoms with E-state index in [0.717, 1.165) is 5.03 Å². The van der Waals surface area contributed by atoms with Gasteiger partial charge in [0.05, 0.1) is 0 Å². The molecule has 0 bridgehead atoms. The summed E-state index contributed by atoms with van der Waals surface area (Å²) in [5.41, 5.74) is 0. The van der Waals surface area contributed by atoms with Gasteiger partial charge in [-0.2, -0.15) is 0 Å². The average molecular weight is 179 g/mol. The smallest absolute Gasteiger partial charge is 0.145 e. The van der Waals surface area contributed by atoms with Gasteiger partial charge in [0.15, 0.2) is 0 Å². The zero-order valence-corrected chi connectivity index (χ0v) is 6.69. The second kappa shape index (κ2) is 2.04. The third-order valence-electron chi connectivity index (χ3n) is 0.976. The largest absolute Gasteiger partial charge is 0.309 e. The summed E-state index contributed by atoms with van der Waals surface area (Å²) in [6, 6.07) is 0. The molecule has 0 fully saturated rings. The van der Waals surface area contributed by atoms with Gasteiger partial charge in [0.2, 0.25) is 0 Å². The number of hydrogen-bond donors (Lipinski definition) is 1. The van der Waals surface area contributed by atoms with E-state index in [1.165, 1.54) is 0 Å². The molecular formula is C4H3ClN2S2. The summed E-state index contributed by atoms with van der Waals surface area (Å²) in [5.74, 6) is 0. The van der Waals surface area contributed by atoms with Crippen molar-refractivity contribution in [2.24, 2.45) is 4.99 Å². The lowest BCUT2D eigenvalue weighted by Gasteiger charge is -1.86. The van der Waals surface area contributed by atoms with E-state index in [0.29, 0.717) is 5.16 Å². The van der Waals surface area contributed by atoms with Gasteiger partial charge in [0, 0.05) is 17.2 Å². The number of nitrogens with one attached hydrogen (secondary N) is 1. The molecule has 5 heteroatoms. The van der Waals surface area contributed by atoms with Crippen molar-refractivity contribution in [1.82, 2.24) is 4.72 Å². The van der Waals surface area contributed by atoms with Crippen molar-refractivity contribution in [2.45, 2.75) is 0 Å². The molecule has 48 valence electrons. The van der Waals surface area contributed by atoms with Crippen LogP contribution in [0.4, 0.5) is 0 Å². The molecule has 0 radical (unpaired) electrons. The molecular weight excluding hydrogens is 176 g/mol. The van der Waals surface area contributed by atoms with E-state index >= 15 is 0 Å². The number of rotatable bonds is 0. The quantitative estimate of drug-likeness (QED) is 0.264. The van der Waals surface area contributed by atoms with Crippen LogP contribution in [-0.4, -0.2) is 11.6 Å². The fourth-order valence-electron chi connectivity index (χ4n) is 0.607. The summed E-state index contributed by atoms with van der Waals surface area (Å²) >= 11 is 5.73. The first-order valence-electron chi connectivity index (χ1n) is 2.31. The molecule has 0 aliphatic carbocycles. The highest BCUT2D eigenvalue weighted by molar-refractivity contribution is 8.85. The topological polar surface area (TPSA) is 24.4 Å². The van der Waals surface area contributed by atoms with Crippen LogP contribution in [0, 0.1) is 0 Å². The first-order chi connectivity index (χ1) is 4.38. The van der Waals surface area contributed by atoms with E-state index in [1.54, 1.807) is 17.2 Å². The van der Waals surface area contributed by atoms with Gasteiger partial charge in [-0.3, -0.25) is 0 Å². The molecule has 1 unspecified atom stereocenters. The van der Waals surface area contributed by atoms with Crippen LogP contribution in [0.2, 0.25) is 0 Å². The zero-order chi connectivity index (χ0) is 6.27. The fourth-order valence-corrected chi connectivity index (χ4v) is 3.90. The van der Waals surface area contributed by atoms with Gasteiger partial charge in [0.1, 0.15) is 10.2 Å². The number of fused-ring (bicyclic) bond motifs is 1. The molecule has 0 spiro atoms. The molecule has 0 aromatic carbocycles. The molecule has 2 nitrogen and oxygen atoms in total. The second-order valence-electron chi connectivity index (χ2n) is 1.52. The van der Waals surface area contributed by atoms with Crippen molar-refractivity contribution < 1.29 is 0 Å². The Morgan fingerprint density at radius 2 is 2.67 bits per heavy atom. The van der Waals surface area contributed by atoms with Gasteiger partial charge in [-0.25, -0.2) is 4.99 Å². The van der Waals surface area contributed by atoms with Gasteiger partial charge in [0.25, 0.3) is 0 Å². The minimum atomic E-state index is 0.108. The van der Waals surface area contributed by atoms with Crippen molar-refractivity contribution in [3.05, 3.63) is 10.2 Å². The van der Waals surface area contributed by atoms with Crippen LogP contribution in [0.1, 0.15) is 0 Å². The van der Waals surface area contributed by atoms with Gasteiger partial charge in [-0.05, 0) is 5.37 Å². The molecule has 0 amide bonds. The number of hydrogen-bond acceptors (Lipinski definition) is 3. The van der Waals surface area contributed by atoms with Crippen LogP contribution in [0.15, 0.2) is 15.2 Å². The first kappa shape index (κ1) is 5.82. The van der Waals surface area contributed by atoms with Gasteiger partial charge >= 0.3 is 0 Å². The normalized spacial score (nSPS) is 30.1. The predicted molar refractivity (Wildman–Crippen MR) is 45.8 cm³/mol. The summed E-state index contributed by atoms with van der Waals surface area (Å²) in [5, 5.41) is 3.72. The molecule has 0 saturated heterocycles. The minimum Gasteiger partial charge on any atom is -0.309 e. The maximum atomic E-state index is 5.73. The SMILES string of the molecule is ClC1=C2N=CC=S2SN1. The summed E-state index contributed by atoms with van der Waals surface area (Å²) in [6.07, 6.45) is 1.80. The van der Waals surface area contributed by atoms with Crippen molar-refractivity contribution in [2.75, 3.05) is 0 Å². The van der Waals surface area contributed by atoms with E-state index < -0.39 is 0 Å². The highest BCUT2D eigenvalue weighted by atomic mass is 35.5. The molecule has 0 saturated carbocycles. The van der Waals surface area contributed by atoms with E-state index in [-0.39, 0.29) is 9.52 Å². The average Bonchev–Trinajstić information content (AvgIpc) is 2.35. The zero-order valence-electron chi connectivity index (χ0n) is 4.30. The van der Waals surface area contributed by atoms with Crippen molar-refractivity contribution in [3.8, 4) is 0 Å². The maximum absolute atomic E-state index is 5.73.